The normalized spacial score (nSPS) is 15.6. The molecule has 12 heteroatoms. The van der Waals surface area contributed by atoms with Crippen molar-refractivity contribution in [1.82, 2.24) is 24.9 Å². The number of hydrogen-bond acceptors (Lipinski definition) is 7. The maximum Gasteiger partial charge on any atom is 0.410 e. The summed E-state index contributed by atoms with van der Waals surface area (Å²) in [4.78, 5) is 56.0. The topological polar surface area (TPSA) is 125 Å². The van der Waals surface area contributed by atoms with Crippen LogP contribution < -0.4 is 10.3 Å². The highest BCUT2D eigenvalue weighted by atomic mass is 19.1. The van der Waals surface area contributed by atoms with Crippen LogP contribution in [0, 0.1) is 11.7 Å². The van der Waals surface area contributed by atoms with E-state index >= 15 is 0 Å². The second kappa shape index (κ2) is 13.2. The van der Waals surface area contributed by atoms with Gasteiger partial charge in [0.25, 0.3) is 11.5 Å². The average molecular weight is 614 g/mol. The van der Waals surface area contributed by atoms with E-state index in [2.05, 4.69) is 10.2 Å². The van der Waals surface area contributed by atoms with E-state index in [9.17, 15) is 23.6 Å². The zero-order valence-corrected chi connectivity index (χ0v) is 24.5. The number of likely N-dealkylation sites (tertiary alicyclic amines) is 1. The van der Waals surface area contributed by atoms with Crippen LogP contribution in [-0.2, 0) is 16.1 Å². The second-order valence-corrected chi connectivity index (χ2v) is 11.1. The van der Waals surface area contributed by atoms with E-state index in [-0.39, 0.29) is 60.4 Å². The van der Waals surface area contributed by atoms with Gasteiger partial charge in [0.2, 0.25) is 11.8 Å². The van der Waals surface area contributed by atoms with E-state index in [4.69, 9.17) is 9.47 Å². The molecule has 2 fully saturated rings. The second-order valence-electron chi connectivity index (χ2n) is 11.1. The molecule has 0 saturated carbocycles. The number of nitrogens with one attached hydrogen (secondary N) is 1. The number of fused-ring (bicyclic) bond motifs is 1. The molecule has 0 aliphatic carbocycles. The van der Waals surface area contributed by atoms with Gasteiger partial charge in [-0.15, -0.1) is 5.10 Å². The number of piperazine rings is 1. The molecule has 0 bridgehead atoms. The SMILES string of the molecule is O=C(OCc1ccccc1)N1CCC(C(=O)N2CCN(C(=O)c3cc(Oc4n[nH]c(=O)c5ccccc45)ccc3F)CC2)CC1. The number of nitrogens with zero attached hydrogens (tertiary/aromatic N) is 4. The molecule has 2 aliphatic heterocycles. The third-order valence-electron chi connectivity index (χ3n) is 8.23. The lowest BCUT2D eigenvalue weighted by Crippen LogP contribution is -2.53. The van der Waals surface area contributed by atoms with Gasteiger partial charge < -0.3 is 24.2 Å². The zero-order valence-electron chi connectivity index (χ0n) is 24.5. The predicted octanol–water partition coefficient (Wildman–Crippen LogP) is 4.19. The smallest absolute Gasteiger partial charge is 0.410 e. The summed E-state index contributed by atoms with van der Waals surface area (Å²) in [5, 5.41) is 7.22. The maximum absolute atomic E-state index is 14.8. The summed E-state index contributed by atoms with van der Waals surface area (Å²) in [7, 11) is 0. The molecule has 3 aromatic carbocycles. The van der Waals surface area contributed by atoms with E-state index in [1.165, 1.54) is 17.0 Å². The van der Waals surface area contributed by atoms with Gasteiger partial charge >= 0.3 is 6.09 Å². The fraction of sp³-hybridized carbons (Fsp3) is 0.303. The summed E-state index contributed by atoms with van der Waals surface area (Å²) in [6.07, 6.45) is 0.688. The number of amides is 3. The van der Waals surface area contributed by atoms with Crippen molar-refractivity contribution in [2.24, 2.45) is 5.92 Å². The number of H-pyrrole nitrogens is 1. The fourth-order valence-electron chi connectivity index (χ4n) is 5.69. The Balaban J connectivity index is 1.01. The highest BCUT2D eigenvalue weighted by molar-refractivity contribution is 5.95. The first-order valence-electron chi connectivity index (χ1n) is 14.9. The molecule has 0 atom stereocenters. The summed E-state index contributed by atoms with van der Waals surface area (Å²) >= 11 is 0. The Kier molecular flexibility index (Phi) is 8.72. The Hall–Kier alpha value is -5.26. The lowest BCUT2D eigenvalue weighted by molar-refractivity contribution is -0.138. The van der Waals surface area contributed by atoms with Crippen molar-refractivity contribution in [3.05, 3.63) is 100 Å². The quantitative estimate of drug-likeness (QED) is 0.346. The Morgan fingerprint density at radius 1 is 0.822 bits per heavy atom. The lowest BCUT2D eigenvalue weighted by Gasteiger charge is -2.38. The van der Waals surface area contributed by atoms with Crippen LogP contribution in [0.3, 0.4) is 0 Å². The van der Waals surface area contributed by atoms with Crippen LogP contribution in [0.2, 0.25) is 0 Å². The third kappa shape index (κ3) is 6.64. The number of ether oxygens (including phenoxy) is 2. The van der Waals surface area contributed by atoms with Crippen LogP contribution in [0.15, 0.2) is 77.6 Å². The van der Waals surface area contributed by atoms with Crippen molar-refractivity contribution >= 4 is 28.7 Å². The van der Waals surface area contributed by atoms with Gasteiger partial charge in [0, 0.05) is 45.2 Å². The molecule has 45 heavy (non-hydrogen) atoms. The highest BCUT2D eigenvalue weighted by Gasteiger charge is 2.33. The molecule has 6 rings (SSSR count). The van der Waals surface area contributed by atoms with Crippen molar-refractivity contribution in [2.45, 2.75) is 19.4 Å². The van der Waals surface area contributed by atoms with Crippen LogP contribution in [-0.4, -0.2) is 82.1 Å². The minimum absolute atomic E-state index is 0.00149. The molecule has 1 N–H and O–H groups in total. The summed E-state index contributed by atoms with van der Waals surface area (Å²) in [5.74, 6) is -1.10. The molecule has 11 nitrogen and oxygen atoms in total. The zero-order chi connectivity index (χ0) is 31.3. The number of halogens is 1. The Morgan fingerprint density at radius 2 is 1.49 bits per heavy atom. The summed E-state index contributed by atoms with van der Waals surface area (Å²) < 4.78 is 26.1. The van der Waals surface area contributed by atoms with Crippen LogP contribution >= 0.6 is 0 Å². The van der Waals surface area contributed by atoms with Gasteiger partial charge in [-0.1, -0.05) is 42.5 Å². The minimum atomic E-state index is -0.695. The van der Waals surface area contributed by atoms with Crippen molar-refractivity contribution in [3.8, 4) is 11.6 Å². The van der Waals surface area contributed by atoms with E-state index in [1.54, 1.807) is 34.1 Å². The highest BCUT2D eigenvalue weighted by Crippen LogP contribution is 2.28. The summed E-state index contributed by atoms with van der Waals surface area (Å²) in [5.41, 5.74) is 0.386. The molecular formula is C33H32FN5O6. The van der Waals surface area contributed by atoms with Crippen LogP contribution in [0.4, 0.5) is 9.18 Å². The fourth-order valence-corrected chi connectivity index (χ4v) is 5.69. The first-order valence-corrected chi connectivity index (χ1v) is 14.9. The van der Waals surface area contributed by atoms with Crippen molar-refractivity contribution in [2.75, 3.05) is 39.3 Å². The number of rotatable bonds is 6. The molecule has 3 amide bonds. The molecule has 0 spiro atoms. The lowest BCUT2D eigenvalue weighted by atomic mass is 9.95. The molecule has 232 valence electrons. The van der Waals surface area contributed by atoms with Gasteiger partial charge in [0.15, 0.2) is 0 Å². The van der Waals surface area contributed by atoms with Gasteiger partial charge in [0.05, 0.1) is 16.3 Å². The molecular weight excluding hydrogens is 581 g/mol. The largest absolute Gasteiger partial charge is 0.445 e. The number of carbonyl (C=O) groups is 3. The number of piperidine rings is 1. The number of hydrogen-bond donors (Lipinski definition) is 1. The Bertz CT molecular complexity index is 1760. The van der Waals surface area contributed by atoms with Crippen LogP contribution in [0.25, 0.3) is 10.8 Å². The number of aromatic nitrogens is 2. The average Bonchev–Trinajstić information content (AvgIpc) is 3.09. The number of aromatic amines is 1. The molecule has 2 saturated heterocycles. The molecule has 4 aromatic rings. The summed E-state index contributed by atoms with van der Waals surface area (Å²) in [6, 6.07) is 20.1. The Morgan fingerprint density at radius 3 is 2.22 bits per heavy atom. The van der Waals surface area contributed by atoms with Crippen molar-refractivity contribution < 1.29 is 28.2 Å². The predicted molar refractivity (Wildman–Crippen MR) is 162 cm³/mol. The van der Waals surface area contributed by atoms with E-state index in [1.807, 2.05) is 30.3 Å². The van der Waals surface area contributed by atoms with Gasteiger partial charge in [-0.05, 0) is 48.7 Å². The van der Waals surface area contributed by atoms with Gasteiger partial charge in [-0.3, -0.25) is 14.4 Å². The van der Waals surface area contributed by atoms with Crippen molar-refractivity contribution in [3.63, 3.8) is 0 Å². The standard InChI is InChI=1S/C33H32FN5O6/c34-28-11-10-24(45-30-26-9-5-4-8-25(26)29(40)35-36-30)20-27(28)32(42)38-18-16-37(17-19-38)31(41)23-12-14-39(15-13-23)33(43)44-21-22-6-2-1-3-7-22/h1-11,20,23H,12-19,21H2,(H,35,40). The summed E-state index contributed by atoms with van der Waals surface area (Å²) in [6.45, 7) is 2.24. The van der Waals surface area contributed by atoms with E-state index in [0.717, 1.165) is 11.6 Å². The van der Waals surface area contributed by atoms with Gasteiger partial charge in [-0.25, -0.2) is 14.3 Å². The molecule has 3 heterocycles. The minimum Gasteiger partial charge on any atom is -0.445 e. The van der Waals surface area contributed by atoms with Gasteiger partial charge in [0.1, 0.15) is 18.2 Å². The van der Waals surface area contributed by atoms with Crippen LogP contribution in [0.5, 0.6) is 11.6 Å². The Labute approximate surface area is 258 Å². The first-order chi connectivity index (χ1) is 21.9. The number of carbonyl (C=O) groups excluding carboxylic acids is 3. The van der Waals surface area contributed by atoms with E-state index in [0.29, 0.717) is 49.8 Å². The molecule has 0 radical (unpaired) electrons. The van der Waals surface area contributed by atoms with Crippen LogP contribution in [0.1, 0.15) is 28.8 Å². The number of benzene rings is 3. The van der Waals surface area contributed by atoms with Crippen molar-refractivity contribution in [1.29, 1.82) is 0 Å². The first kappa shape index (κ1) is 29.8. The van der Waals surface area contributed by atoms with Gasteiger partial charge in [-0.2, -0.15) is 0 Å². The molecule has 2 aliphatic rings. The maximum atomic E-state index is 14.8. The molecule has 0 unspecified atom stereocenters. The monoisotopic (exact) mass is 613 g/mol. The molecule has 1 aromatic heterocycles. The third-order valence-corrected chi connectivity index (χ3v) is 8.23. The van der Waals surface area contributed by atoms with E-state index < -0.39 is 11.7 Å².